The molecule has 0 saturated carbocycles. The largest absolute Gasteiger partial charge is 0.467 e. The van der Waals surface area contributed by atoms with Gasteiger partial charge in [0.1, 0.15) is 6.61 Å². The maximum Gasteiger partial charge on any atom is 0.310 e. The molecule has 20 heavy (non-hydrogen) atoms. The second kappa shape index (κ2) is 5.03. The van der Waals surface area contributed by atoms with Crippen molar-refractivity contribution in [1.29, 1.82) is 0 Å². The van der Waals surface area contributed by atoms with Gasteiger partial charge < -0.3 is 4.74 Å². The molecule has 0 radical (unpaired) electrons. The molecule has 1 aliphatic heterocycles. The second-order valence-electron chi connectivity index (χ2n) is 4.45. The molecule has 104 valence electrons. The topological polar surface area (TPSA) is 55.7 Å². The highest BCUT2D eigenvalue weighted by Crippen LogP contribution is 2.30. The van der Waals surface area contributed by atoms with E-state index in [2.05, 4.69) is 4.99 Å². The number of hydrogen-bond donors (Lipinski definition) is 0. The van der Waals surface area contributed by atoms with E-state index < -0.39 is 9.84 Å². The standard InChI is InChI=1S/C14H13NO3S2/c1-10-4-5-11(9-12(10)13-3-2-8-19-13)20(16,17)14-15-6-7-18-14/h2-5,8-9H,6-7H2,1H3. The van der Waals surface area contributed by atoms with Gasteiger partial charge in [-0.25, -0.2) is 13.4 Å². The maximum atomic E-state index is 12.4. The summed E-state index contributed by atoms with van der Waals surface area (Å²) >= 11 is 1.59. The zero-order chi connectivity index (χ0) is 14.2. The van der Waals surface area contributed by atoms with E-state index in [1.807, 2.05) is 30.5 Å². The van der Waals surface area contributed by atoms with Crippen LogP contribution in [0.25, 0.3) is 10.4 Å². The molecular formula is C14H13NO3S2. The molecule has 0 saturated heterocycles. The van der Waals surface area contributed by atoms with Crippen LogP contribution in [0.3, 0.4) is 0 Å². The van der Waals surface area contributed by atoms with E-state index in [9.17, 15) is 8.42 Å². The van der Waals surface area contributed by atoms with Gasteiger partial charge in [0.15, 0.2) is 0 Å². The summed E-state index contributed by atoms with van der Waals surface area (Å²) in [5.41, 5.74) is 1.97. The minimum Gasteiger partial charge on any atom is -0.467 e. The molecule has 0 unspecified atom stereocenters. The van der Waals surface area contributed by atoms with Crippen molar-refractivity contribution in [2.24, 2.45) is 4.99 Å². The lowest BCUT2D eigenvalue weighted by Crippen LogP contribution is -2.15. The first kappa shape index (κ1) is 13.3. The van der Waals surface area contributed by atoms with Gasteiger partial charge in [-0.05, 0) is 41.6 Å². The van der Waals surface area contributed by atoms with Gasteiger partial charge in [0.05, 0.1) is 11.4 Å². The number of hydrogen-bond acceptors (Lipinski definition) is 5. The molecule has 1 aliphatic rings. The molecule has 0 spiro atoms. The summed E-state index contributed by atoms with van der Waals surface area (Å²) < 4.78 is 29.9. The lowest BCUT2D eigenvalue weighted by atomic mass is 10.1. The number of sulfone groups is 1. The molecule has 0 N–H and O–H groups in total. The summed E-state index contributed by atoms with van der Waals surface area (Å²) in [6.45, 7) is 2.70. The third kappa shape index (κ3) is 2.25. The smallest absolute Gasteiger partial charge is 0.310 e. The number of aliphatic imine (C=N–C) groups is 1. The summed E-state index contributed by atoms with van der Waals surface area (Å²) in [4.78, 5) is 5.19. The molecule has 0 aliphatic carbocycles. The van der Waals surface area contributed by atoms with Crippen LogP contribution in [-0.2, 0) is 14.6 Å². The van der Waals surface area contributed by atoms with Crippen LogP contribution in [0.5, 0.6) is 0 Å². The van der Waals surface area contributed by atoms with Crippen LogP contribution >= 0.6 is 11.3 Å². The Morgan fingerprint density at radius 2 is 2.15 bits per heavy atom. The predicted molar refractivity (Wildman–Crippen MR) is 79.9 cm³/mol. The summed E-state index contributed by atoms with van der Waals surface area (Å²) in [5.74, 6) is 0. The molecule has 1 aromatic carbocycles. The number of thiophene rings is 1. The van der Waals surface area contributed by atoms with Crippen LogP contribution < -0.4 is 0 Å². The molecule has 1 aromatic heterocycles. The Kier molecular flexibility index (Phi) is 3.35. The quantitative estimate of drug-likeness (QED) is 0.857. The summed E-state index contributed by atoms with van der Waals surface area (Å²) in [6, 6.07) is 9.04. The third-order valence-electron chi connectivity index (χ3n) is 3.09. The average Bonchev–Trinajstić information content (AvgIpc) is 3.12. The van der Waals surface area contributed by atoms with E-state index in [0.717, 1.165) is 16.0 Å². The average molecular weight is 307 g/mol. The van der Waals surface area contributed by atoms with E-state index in [-0.39, 0.29) is 10.1 Å². The van der Waals surface area contributed by atoms with E-state index in [0.29, 0.717) is 13.2 Å². The number of aryl methyl sites for hydroxylation is 1. The van der Waals surface area contributed by atoms with Gasteiger partial charge in [0.25, 0.3) is 9.84 Å². The Morgan fingerprint density at radius 1 is 1.30 bits per heavy atom. The van der Waals surface area contributed by atoms with E-state index in [1.165, 1.54) is 0 Å². The molecule has 4 nitrogen and oxygen atoms in total. The van der Waals surface area contributed by atoms with Crippen molar-refractivity contribution in [1.82, 2.24) is 0 Å². The zero-order valence-corrected chi connectivity index (χ0v) is 12.5. The van der Waals surface area contributed by atoms with Crippen LogP contribution in [0.15, 0.2) is 45.6 Å². The first-order valence-corrected chi connectivity index (χ1v) is 8.52. The SMILES string of the molecule is Cc1ccc(S(=O)(=O)C2=NCCO2)cc1-c1cccs1. The number of benzene rings is 1. The van der Waals surface area contributed by atoms with Gasteiger partial charge in [-0.2, -0.15) is 0 Å². The Bertz CT molecular complexity index is 762. The molecule has 0 bridgehead atoms. The monoisotopic (exact) mass is 307 g/mol. The minimum atomic E-state index is -3.64. The van der Waals surface area contributed by atoms with Crippen LogP contribution in [0.2, 0.25) is 0 Å². The molecular weight excluding hydrogens is 294 g/mol. The van der Waals surface area contributed by atoms with E-state index in [4.69, 9.17) is 4.74 Å². The summed E-state index contributed by atoms with van der Waals surface area (Å²) in [7, 11) is -3.64. The molecule has 6 heteroatoms. The van der Waals surface area contributed by atoms with Gasteiger partial charge in [-0.1, -0.05) is 12.1 Å². The number of rotatable bonds is 2. The molecule has 0 fully saturated rings. The van der Waals surface area contributed by atoms with Crippen molar-refractivity contribution in [3.63, 3.8) is 0 Å². The van der Waals surface area contributed by atoms with Gasteiger partial charge in [0, 0.05) is 4.88 Å². The highest BCUT2D eigenvalue weighted by molar-refractivity contribution is 8.06. The van der Waals surface area contributed by atoms with Crippen molar-refractivity contribution >= 4 is 26.4 Å². The van der Waals surface area contributed by atoms with Crippen molar-refractivity contribution in [3.8, 4) is 10.4 Å². The van der Waals surface area contributed by atoms with E-state index >= 15 is 0 Å². The minimum absolute atomic E-state index is 0.168. The van der Waals surface area contributed by atoms with Crippen LogP contribution in [-0.4, -0.2) is 26.8 Å². The van der Waals surface area contributed by atoms with Crippen molar-refractivity contribution in [3.05, 3.63) is 41.3 Å². The lowest BCUT2D eigenvalue weighted by Gasteiger charge is -2.08. The fourth-order valence-corrected chi connectivity index (χ4v) is 4.07. The third-order valence-corrected chi connectivity index (χ3v) is 5.58. The Balaban J connectivity index is 2.10. The van der Waals surface area contributed by atoms with Gasteiger partial charge in [0.2, 0.25) is 0 Å². The predicted octanol–water partition coefficient (Wildman–Crippen LogP) is 2.88. The van der Waals surface area contributed by atoms with Gasteiger partial charge in [-0.3, -0.25) is 0 Å². The summed E-state index contributed by atoms with van der Waals surface area (Å²) in [5, 5.41) is 1.80. The number of ether oxygens (including phenoxy) is 1. The number of nitrogens with zero attached hydrogens (tertiary/aromatic N) is 1. The first-order chi connectivity index (χ1) is 9.59. The molecule has 2 aromatic rings. The Hall–Kier alpha value is -1.66. The maximum absolute atomic E-state index is 12.4. The van der Waals surface area contributed by atoms with Crippen LogP contribution in [0.4, 0.5) is 0 Å². The Morgan fingerprint density at radius 3 is 2.80 bits per heavy atom. The van der Waals surface area contributed by atoms with Crippen molar-refractivity contribution in [2.45, 2.75) is 11.8 Å². The highest BCUT2D eigenvalue weighted by Gasteiger charge is 2.27. The highest BCUT2D eigenvalue weighted by atomic mass is 32.2. The van der Waals surface area contributed by atoms with Crippen LogP contribution in [0, 0.1) is 6.92 Å². The van der Waals surface area contributed by atoms with Gasteiger partial charge >= 0.3 is 5.23 Å². The zero-order valence-electron chi connectivity index (χ0n) is 10.9. The van der Waals surface area contributed by atoms with E-state index in [1.54, 1.807) is 23.5 Å². The normalized spacial score (nSPS) is 14.9. The second-order valence-corrected chi connectivity index (χ2v) is 7.23. The van der Waals surface area contributed by atoms with Crippen LogP contribution in [0.1, 0.15) is 5.56 Å². The Labute approximate surface area is 121 Å². The van der Waals surface area contributed by atoms with Crippen molar-refractivity contribution in [2.75, 3.05) is 13.2 Å². The molecule has 0 atom stereocenters. The van der Waals surface area contributed by atoms with Gasteiger partial charge in [-0.15, -0.1) is 11.3 Å². The molecule has 2 heterocycles. The molecule has 3 rings (SSSR count). The lowest BCUT2D eigenvalue weighted by molar-refractivity contribution is 0.353. The summed E-state index contributed by atoms with van der Waals surface area (Å²) in [6.07, 6.45) is 0. The first-order valence-electron chi connectivity index (χ1n) is 6.16. The fourth-order valence-electron chi connectivity index (χ4n) is 2.04. The van der Waals surface area contributed by atoms with Crippen molar-refractivity contribution < 1.29 is 13.2 Å². The fraction of sp³-hybridized carbons (Fsp3) is 0.214. The molecule has 0 amide bonds.